The number of ether oxygens (including phenoxy) is 1. The Morgan fingerprint density at radius 3 is 3.00 bits per heavy atom. The van der Waals surface area contributed by atoms with Crippen molar-refractivity contribution >= 4 is 33.8 Å². The highest BCUT2D eigenvalue weighted by molar-refractivity contribution is 5.99. The van der Waals surface area contributed by atoms with E-state index in [0.717, 1.165) is 34.8 Å². The fourth-order valence-corrected chi connectivity index (χ4v) is 3.51. The van der Waals surface area contributed by atoms with E-state index in [4.69, 9.17) is 21.3 Å². The quantitative estimate of drug-likeness (QED) is 0.254. The molecule has 11 heteroatoms. The number of anilines is 1. The van der Waals surface area contributed by atoms with E-state index in [-0.39, 0.29) is 5.91 Å². The van der Waals surface area contributed by atoms with Gasteiger partial charge in [0.1, 0.15) is 23.5 Å². The molecule has 0 unspecified atom stereocenters. The lowest BCUT2D eigenvalue weighted by atomic mass is 10.1. The number of rotatable bonds is 11. The Hall–Kier alpha value is -3.57. The third kappa shape index (κ3) is 4.84. The molecule has 168 valence electrons. The molecule has 0 fully saturated rings. The van der Waals surface area contributed by atoms with Crippen LogP contribution in [0, 0.1) is 0 Å². The summed E-state index contributed by atoms with van der Waals surface area (Å²) < 4.78 is 7.06. The van der Waals surface area contributed by atoms with Crippen LogP contribution in [0.25, 0.3) is 33.3 Å². The molecule has 0 radical (unpaired) electrons. The van der Waals surface area contributed by atoms with Crippen molar-refractivity contribution in [2.75, 3.05) is 32.0 Å². The third-order valence-corrected chi connectivity index (χ3v) is 5.09. The Balaban J connectivity index is 1.40. The number of fused-ring (bicyclic) bond motifs is 2. The number of nitrogens with one attached hydrogen (secondary N) is 2. The predicted octanol–water partition coefficient (Wildman–Crippen LogP) is 1.21. The Morgan fingerprint density at radius 1 is 1.22 bits per heavy atom. The van der Waals surface area contributed by atoms with E-state index < -0.39 is 0 Å². The Kier molecular flexibility index (Phi) is 6.87. The molecule has 0 saturated heterocycles. The van der Waals surface area contributed by atoms with Crippen LogP contribution < -0.4 is 16.8 Å². The molecule has 0 aliphatic rings. The van der Waals surface area contributed by atoms with Crippen molar-refractivity contribution in [3.8, 4) is 11.3 Å². The Bertz CT molecular complexity index is 1200. The van der Waals surface area contributed by atoms with Crippen LogP contribution in [0.5, 0.6) is 0 Å². The lowest BCUT2D eigenvalue weighted by molar-refractivity contribution is -0.122. The number of nitrogens with zero attached hydrogens (tertiary/aromatic N) is 5. The van der Waals surface area contributed by atoms with Gasteiger partial charge in [-0.2, -0.15) is 5.10 Å². The highest BCUT2D eigenvalue weighted by Gasteiger charge is 2.17. The number of H-pyrrole nitrogens is 1. The number of aromatic nitrogens is 6. The van der Waals surface area contributed by atoms with Gasteiger partial charge in [0, 0.05) is 49.4 Å². The highest BCUT2D eigenvalue weighted by Crippen LogP contribution is 2.31. The fourth-order valence-electron chi connectivity index (χ4n) is 3.51. The van der Waals surface area contributed by atoms with Gasteiger partial charge in [0.25, 0.3) is 0 Å². The molecule has 4 aromatic rings. The van der Waals surface area contributed by atoms with Crippen LogP contribution in [0.1, 0.15) is 19.3 Å². The molecule has 1 amide bonds. The van der Waals surface area contributed by atoms with Crippen molar-refractivity contribution in [3.63, 3.8) is 0 Å². The summed E-state index contributed by atoms with van der Waals surface area (Å²) in [6.45, 7) is 2.54. The summed E-state index contributed by atoms with van der Waals surface area (Å²) >= 11 is 0. The monoisotopic (exact) mass is 437 g/mol. The smallest absolute Gasteiger partial charge is 0.222 e. The Labute approximate surface area is 184 Å². The van der Waals surface area contributed by atoms with Gasteiger partial charge in [0.15, 0.2) is 5.65 Å². The van der Waals surface area contributed by atoms with E-state index >= 15 is 0 Å². The number of carbonyl (C=O) groups excluding carboxylic acids is 1. The van der Waals surface area contributed by atoms with Crippen molar-refractivity contribution in [1.29, 1.82) is 0 Å². The summed E-state index contributed by atoms with van der Waals surface area (Å²) in [5.74, 6) is 0.358. The van der Waals surface area contributed by atoms with E-state index in [1.807, 2.05) is 23.0 Å². The summed E-state index contributed by atoms with van der Waals surface area (Å²) in [5.41, 5.74) is 14.6. The molecule has 4 rings (SSSR count). The van der Waals surface area contributed by atoms with Gasteiger partial charge in [-0.05, 0) is 25.0 Å². The maximum atomic E-state index is 11.8. The number of hydrogen-bond acceptors (Lipinski definition) is 8. The van der Waals surface area contributed by atoms with Crippen LogP contribution in [-0.4, -0.2) is 61.9 Å². The zero-order chi connectivity index (χ0) is 22.3. The number of aromatic amines is 1. The largest absolute Gasteiger partial charge is 0.383 e. The second-order valence-electron chi connectivity index (χ2n) is 7.38. The first-order chi connectivity index (χ1) is 15.7. The standard InChI is InChI=1S/C21H27N9O2/c22-5-10-32-9-4-16(31)24-6-1-2-8-30-21-17(19(23)27-13-28-21)18(29-30)15-11-14-3-7-25-20(14)26-12-15/h3,7,11-13H,1-2,4-6,8-10,22H2,(H,24,31)(H,25,26)(H2,23,27,28). The average Bonchev–Trinajstić information content (AvgIpc) is 3.41. The van der Waals surface area contributed by atoms with E-state index in [9.17, 15) is 4.79 Å². The number of hydrogen-bond donors (Lipinski definition) is 4. The van der Waals surface area contributed by atoms with Gasteiger partial charge in [0.2, 0.25) is 5.91 Å². The molecule has 0 aliphatic carbocycles. The van der Waals surface area contributed by atoms with Crippen LogP contribution in [-0.2, 0) is 16.1 Å². The van der Waals surface area contributed by atoms with Crippen molar-refractivity contribution in [1.82, 2.24) is 35.0 Å². The first kappa shape index (κ1) is 21.7. The van der Waals surface area contributed by atoms with E-state index in [0.29, 0.717) is 56.4 Å². The molecule has 32 heavy (non-hydrogen) atoms. The molecule has 0 atom stereocenters. The molecule has 0 aromatic carbocycles. The van der Waals surface area contributed by atoms with Crippen LogP contribution in [0.15, 0.2) is 30.9 Å². The number of unbranched alkanes of at least 4 members (excludes halogenated alkanes) is 1. The van der Waals surface area contributed by atoms with Crippen LogP contribution in [0.3, 0.4) is 0 Å². The van der Waals surface area contributed by atoms with Gasteiger partial charge in [-0.3, -0.25) is 4.79 Å². The SMILES string of the molecule is NCCOCCC(=O)NCCCCn1nc(-c2cnc3[nH]ccc3c2)c2c(N)ncnc21. The molecule has 4 aromatic heterocycles. The number of aryl methyl sites for hydroxylation is 1. The molecule has 0 aliphatic heterocycles. The minimum absolute atomic E-state index is 0.0259. The number of carbonyl (C=O) groups is 1. The molecule has 0 saturated carbocycles. The summed E-state index contributed by atoms with van der Waals surface area (Å²) in [6.07, 6.45) is 7.03. The Morgan fingerprint density at radius 2 is 2.12 bits per heavy atom. The molecule has 4 heterocycles. The normalized spacial score (nSPS) is 11.4. The lowest BCUT2D eigenvalue weighted by Crippen LogP contribution is -2.26. The summed E-state index contributed by atoms with van der Waals surface area (Å²) in [7, 11) is 0. The van der Waals surface area contributed by atoms with Crippen LogP contribution >= 0.6 is 0 Å². The summed E-state index contributed by atoms with van der Waals surface area (Å²) in [6, 6.07) is 3.98. The zero-order valence-electron chi connectivity index (χ0n) is 17.8. The van der Waals surface area contributed by atoms with Gasteiger partial charge in [-0.15, -0.1) is 0 Å². The van der Waals surface area contributed by atoms with Crippen molar-refractivity contribution in [3.05, 3.63) is 30.9 Å². The van der Waals surface area contributed by atoms with E-state index in [1.165, 1.54) is 6.33 Å². The van der Waals surface area contributed by atoms with Gasteiger partial charge >= 0.3 is 0 Å². The third-order valence-electron chi connectivity index (χ3n) is 5.09. The van der Waals surface area contributed by atoms with Crippen molar-refractivity contribution in [2.45, 2.75) is 25.8 Å². The lowest BCUT2D eigenvalue weighted by Gasteiger charge is -2.06. The first-order valence-electron chi connectivity index (χ1n) is 10.6. The second kappa shape index (κ2) is 10.2. The topological polar surface area (TPSA) is 163 Å². The number of pyridine rings is 1. The molecular formula is C21H27N9O2. The maximum Gasteiger partial charge on any atom is 0.222 e. The number of nitrogens with two attached hydrogens (primary N) is 2. The molecule has 11 nitrogen and oxygen atoms in total. The summed E-state index contributed by atoms with van der Waals surface area (Å²) in [5, 5.41) is 9.38. The molecule has 0 spiro atoms. The van der Waals surface area contributed by atoms with E-state index in [2.05, 4.69) is 25.3 Å². The highest BCUT2D eigenvalue weighted by atomic mass is 16.5. The second-order valence-corrected chi connectivity index (χ2v) is 7.38. The number of amides is 1. The molecule has 6 N–H and O–H groups in total. The van der Waals surface area contributed by atoms with Crippen molar-refractivity contribution in [2.24, 2.45) is 5.73 Å². The van der Waals surface area contributed by atoms with Gasteiger partial charge in [-0.25, -0.2) is 19.6 Å². The maximum absolute atomic E-state index is 11.8. The fraction of sp³-hybridized carbons (Fsp3) is 0.381. The average molecular weight is 438 g/mol. The first-order valence-corrected chi connectivity index (χ1v) is 10.6. The van der Waals surface area contributed by atoms with Gasteiger partial charge in [-0.1, -0.05) is 0 Å². The molecule has 0 bridgehead atoms. The van der Waals surface area contributed by atoms with Crippen LogP contribution in [0.4, 0.5) is 5.82 Å². The van der Waals surface area contributed by atoms with E-state index in [1.54, 1.807) is 6.20 Å². The summed E-state index contributed by atoms with van der Waals surface area (Å²) in [4.78, 5) is 27.9. The van der Waals surface area contributed by atoms with Gasteiger partial charge in [0.05, 0.1) is 18.6 Å². The number of nitrogen functional groups attached to an aromatic ring is 1. The minimum Gasteiger partial charge on any atom is -0.383 e. The predicted molar refractivity (Wildman–Crippen MR) is 122 cm³/mol. The zero-order valence-corrected chi connectivity index (χ0v) is 17.8. The minimum atomic E-state index is -0.0259. The van der Waals surface area contributed by atoms with Gasteiger partial charge < -0.3 is 26.5 Å². The van der Waals surface area contributed by atoms with Crippen LogP contribution in [0.2, 0.25) is 0 Å². The molecular weight excluding hydrogens is 410 g/mol. The van der Waals surface area contributed by atoms with Crippen molar-refractivity contribution < 1.29 is 9.53 Å².